The molecule has 0 saturated carbocycles. The summed E-state index contributed by atoms with van der Waals surface area (Å²) in [4.78, 5) is 14.3. The smallest absolute Gasteiger partial charge is 0.254 e. The number of anilines is 1. The van der Waals surface area contributed by atoms with Crippen LogP contribution in [0.2, 0.25) is 0 Å². The summed E-state index contributed by atoms with van der Waals surface area (Å²) in [5, 5.41) is 3.37. The van der Waals surface area contributed by atoms with Crippen molar-refractivity contribution in [2.75, 3.05) is 25.0 Å². The number of amides is 1. The number of rotatable bonds is 4. The van der Waals surface area contributed by atoms with Crippen molar-refractivity contribution in [2.45, 2.75) is 26.7 Å². The van der Waals surface area contributed by atoms with Crippen LogP contribution in [0.4, 0.5) is 5.69 Å². The Morgan fingerprint density at radius 3 is 2.95 bits per heavy atom. The summed E-state index contributed by atoms with van der Waals surface area (Å²) in [5.74, 6) is 0.0962. The topological polar surface area (TPSA) is 32.3 Å². The molecule has 1 N–H and O–H groups in total. The van der Waals surface area contributed by atoms with Crippen LogP contribution in [-0.4, -0.2) is 30.4 Å². The van der Waals surface area contributed by atoms with Gasteiger partial charge in [0.25, 0.3) is 5.91 Å². The molecule has 0 radical (unpaired) electrons. The minimum Gasteiger partial charge on any atom is -0.385 e. The van der Waals surface area contributed by atoms with E-state index in [1.165, 1.54) is 11.3 Å². The van der Waals surface area contributed by atoms with E-state index in [2.05, 4.69) is 11.9 Å². The Hall–Kier alpha value is -1.77. The van der Waals surface area contributed by atoms with Crippen LogP contribution >= 0.6 is 0 Å². The standard InChI is InChI=1S/C16H22N2O/c1-4-18(11-12(2)3)16(19)14-7-8-15-13(10-14)6-5-9-17-15/h7-8,10,17H,2,4-6,9,11H2,1,3H3. The van der Waals surface area contributed by atoms with Gasteiger partial charge in [-0.25, -0.2) is 0 Å². The molecule has 1 aromatic carbocycles. The van der Waals surface area contributed by atoms with Crippen molar-refractivity contribution in [3.8, 4) is 0 Å². The Morgan fingerprint density at radius 1 is 1.47 bits per heavy atom. The fourth-order valence-electron chi connectivity index (χ4n) is 2.44. The van der Waals surface area contributed by atoms with Gasteiger partial charge in [0.1, 0.15) is 0 Å². The van der Waals surface area contributed by atoms with E-state index in [0.717, 1.165) is 30.5 Å². The number of hydrogen-bond acceptors (Lipinski definition) is 2. The summed E-state index contributed by atoms with van der Waals surface area (Å²) < 4.78 is 0. The third-order valence-corrected chi connectivity index (χ3v) is 3.42. The van der Waals surface area contributed by atoms with Gasteiger partial charge in [0, 0.05) is 30.9 Å². The molecule has 19 heavy (non-hydrogen) atoms. The second kappa shape index (κ2) is 5.91. The molecule has 0 bridgehead atoms. The van der Waals surface area contributed by atoms with Gasteiger partial charge in [-0.1, -0.05) is 12.2 Å². The zero-order chi connectivity index (χ0) is 13.8. The van der Waals surface area contributed by atoms with E-state index in [0.29, 0.717) is 13.1 Å². The van der Waals surface area contributed by atoms with Crippen LogP contribution in [0.5, 0.6) is 0 Å². The maximum atomic E-state index is 12.5. The van der Waals surface area contributed by atoms with E-state index < -0.39 is 0 Å². The summed E-state index contributed by atoms with van der Waals surface area (Å²) >= 11 is 0. The quantitative estimate of drug-likeness (QED) is 0.842. The van der Waals surface area contributed by atoms with Crippen molar-refractivity contribution in [2.24, 2.45) is 0 Å². The number of fused-ring (bicyclic) bond motifs is 1. The van der Waals surface area contributed by atoms with Gasteiger partial charge >= 0.3 is 0 Å². The lowest BCUT2D eigenvalue weighted by Crippen LogP contribution is -2.32. The molecule has 1 amide bonds. The predicted molar refractivity (Wildman–Crippen MR) is 79.6 cm³/mol. The predicted octanol–water partition coefficient (Wildman–Crippen LogP) is 3.08. The number of nitrogens with zero attached hydrogens (tertiary/aromatic N) is 1. The fourth-order valence-corrected chi connectivity index (χ4v) is 2.44. The second-order valence-corrected chi connectivity index (χ2v) is 5.18. The van der Waals surface area contributed by atoms with Crippen molar-refractivity contribution in [3.63, 3.8) is 0 Å². The van der Waals surface area contributed by atoms with E-state index in [9.17, 15) is 4.79 Å². The monoisotopic (exact) mass is 258 g/mol. The van der Waals surface area contributed by atoms with Gasteiger partial charge in [-0.3, -0.25) is 4.79 Å². The zero-order valence-electron chi connectivity index (χ0n) is 11.8. The number of aryl methyl sites for hydroxylation is 1. The van der Waals surface area contributed by atoms with E-state index in [4.69, 9.17) is 0 Å². The van der Waals surface area contributed by atoms with Gasteiger partial charge in [-0.2, -0.15) is 0 Å². The normalized spacial score (nSPS) is 13.4. The van der Waals surface area contributed by atoms with Crippen molar-refractivity contribution < 1.29 is 4.79 Å². The molecular formula is C16H22N2O. The number of carbonyl (C=O) groups excluding carboxylic acids is 1. The molecule has 3 heteroatoms. The molecule has 0 fully saturated rings. The van der Waals surface area contributed by atoms with Gasteiger partial charge in [-0.15, -0.1) is 0 Å². The van der Waals surface area contributed by atoms with Crippen LogP contribution in [0.3, 0.4) is 0 Å². The van der Waals surface area contributed by atoms with Crippen LogP contribution < -0.4 is 5.32 Å². The van der Waals surface area contributed by atoms with Crippen LogP contribution in [0.1, 0.15) is 36.2 Å². The van der Waals surface area contributed by atoms with Crippen molar-refractivity contribution in [3.05, 3.63) is 41.5 Å². The van der Waals surface area contributed by atoms with Gasteiger partial charge in [0.2, 0.25) is 0 Å². The highest BCUT2D eigenvalue weighted by molar-refractivity contribution is 5.95. The molecule has 0 aromatic heterocycles. The highest BCUT2D eigenvalue weighted by atomic mass is 16.2. The summed E-state index contributed by atoms with van der Waals surface area (Å²) in [6.45, 7) is 10.2. The first-order chi connectivity index (χ1) is 9.11. The van der Waals surface area contributed by atoms with Gasteiger partial charge in [0.15, 0.2) is 0 Å². The van der Waals surface area contributed by atoms with Crippen molar-refractivity contribution in [1.29, 1.82) is 0 Å². The molecule has 0 atom stereocenters. The molecule has 0 unspecified atom stereocenters. The first-order valence-corrected chi connectivity index (χ1v) is 6.92. The Kier molecular flexibility index (Phi) is 4.25. The number of likely N-dealkylation sites (N-methyl/N-ethyl adjacent to an activating group) is 1. The summed E-state index contributed by atoms with van der Waals surface area (Å²) in [6, 6.07) is 5.97. The number of hydrogen-bond donors (Lipinski definition) is 1. The van der Waals surface area contributed by atoms with Crippen molar-refractivity contribution >= 4 is 11.6 Å². The molecule has 0 spiro atoms. The molecule has 2 rings (SSSR count). The SMILES string of the molecule is C=C(C)CN(CC)C(=O)c1ccc2c(c1)CCCN2. The molecule has 1 aliphatic rings. The Morgan fingerprint density at radius 2 is 2.26 bits per heavy atom. The van der Waals surface area contributed by atoms with Gasteiger partial charge in [0.05, 0.1) is 0 Å². The largest absolute Gasteiger partial charge is 0.385 e. The third-order valence-electron chi connectivity index (χ3n) is 3.42. The first kappa shape index (κ1) is 13.7. The van der Waals surface area contributed by atoms with Crippen LogP contribution in [0, 0.1) is 0 Å². The lowest BCUT2D eigenvalue weighted by Gasteiger charge is -2.23. The van der Waals surface area contributed by atoms with Gasteiger partial charge in [-0.05, 0) is 50.5 Å². The Bertz CT molecular complexity index is 494. The minimum atomic E-state index is 0.0962. The maximum absolute atomic E-state index is 12.5. The summed E-state index contributed by atoms with van der Waals surface area (Å²) in [7, 11) is 0. The average molecular weight is 258 g/mol. The molecule has 1 aliphatic heterocycles. The molecular weight excluding hydrogens is 236 g/mol. The fraction of sp³-hybridized carbons (Fsp3) is 0.438. The molecule has 1 heterocycles. The third kappa shape index (κ3) is 3.16. The average Bonchev–Trinajstić information content (AvgIpc) is 2.43. The van der Waals surface area contributed by atoms with Gasteiger partial charge < -0.3 is 10.2 Å². The molecule has 1 aromatic rings. The lowest BCUT2D eigenvalue weighted by atomic mass is 10.0. The van der Waals surface area contributed by atoms with E-state index in [1.54, 1.807) is 0 Å². The van der Waals surface area contributed by atoms with E-state index >= 15 is 0 Å². The van der Waals surface area contributed by atoms with E-state index in [-0.39, 0.29) is 5.91 Å². The Balaban J connectivity index is 2.20. The number of carbonyl (C=O) groups is 1. The summed E-state index contributed by atoms with van der Waals surface area (Å²) in [6.07, 6.45) is 2.18. The Labute approximate surface area is 115 Å². The van der Waals surface area contributed by atoms with Crippen LogP contribution in [0.25, 0.3) is 0 Å². The first-order valence-electron chi connectivity index (χ1n) is 6.92. The van der Waals surface area contributed by atoms with Crippen LogP contribution in [-0.2, 0) is 6.42 Å². The molecule has 3 nitrogen and oxygen atoms in total. The lowest BCUT2D eigenvalue weighted by molar-refractivity contribution is 0.0778. The summed E-state index contributed by atoms with van der Waals surface area (Å²) in [5.41, 5.74) is 4.22. The molecule has 102 valence electrons. The van der Waals surface area contributed by atoms with Crippen LogP contribution in [0.15, 0.2) is 30.4 Å². The molecule has 0 saturated heterocycles. The molecule has 0 aliphatic carbocycles. The van der Waals surface area contributed by atoms with Crippen molar-refractivity contribution in [1.82, 2.24) is 4.90 Å². The number of benzene rings is 1. The zero-order valence-corrected chi connectivity index (χ0v) is 11.8. The second-order valence-electron chi connectivity index (χ2n) is 5.18. The number of nitrogens with one attached hydrogen (secondary N) is 1. The highest BCUT2D eigenvalue weighted by Crippen LogP contribution is 2.23. The minimum absolute atomic E-state index is 0.0962. The van der Waals surface area contributed by atoms with E-state index in [1.807, 2.05) is 36.9 Å². The highest BCUT2D eigenvalue weighted by Gasteiger charge is 2.16. The maximum Gasteiger partial charge on any atom is 0.254 e.